The van der Waals surface area contributed by atoms with Crippen LogP contribution in [0.25, 0.3) is 22.9 Å². The molecule has 162 valence electrons. The van der Waals surface area contributed by atoms with Crippen LogP contribution in [0.15, 0.2) is 89.3 Å². The maximum absolute atomic E-state index is 12.7. The highest BCUT2D eigenvalue weighted by molar-refractivity contribution is 5.81. The third kappa shape index (κ3) is 5.21. The van der Waals surface area contributed by atoms with Gasteiger partial charge in [-0.05, 0) is 42.7 Å². The number of benzene rings is 3. The first-order valence-electron chi connectivity index (χ1n) is 10.7. The molecule has 0 aliphatic heterocycles. The molecule has 0 aliphatic rings. The van der Waals surface area contributed by atoms with Crippen molar-refractivity contribution < 1.29 is 13.9 Å². The molecular weight excluding hydrogens is 402 g/mol. The summed E-state index contributed by atoms with van der Waals surface area (Å²) in [6.07, 6.45) is 0.678. The highest BCUT2D eigenvalue weighted by atomic mass is 16.5. The maximum Gasteiger partial charge on any atom is 0.261 e. The number of ether oxygens (including phenoxy) is 1. The Hall–Kier alpha value is -3.93. The molecule has 6 heteroatoms. The molecule has 0 bridgehead atoms. The molecule has 0 spiro atoms. The molecule has 0 saturated heterocycles. The van der Waals surface area contributed by atoms with Gasteiger partial charge >= 0.3 is 0 Å². The Morgan fingerprint density at radius 3 is 2.31 bits per heavy atom. The van der Waals surface area contributed by atoms with Crippen molar-refractivity contribution in [1.29, 1.82) is 0 Å². The van der Waals surface area contributed by atoms with E-state index >= 15 is 0 Å². The first kappa shape index (κ1) is 21.3. The van der Waals surface area contributed by atoms with E-state index in [-0.39, 0.29) is 5.91 Å². The smallest absolute Gasteiger partial charge is 0.261 e. The average Bonchev–Trinajstić information content (AvgIpc) is 3.34. The highest BCUT2D eigenvalue weighted by Crippen LogP contribution is 2.31. The lowest BCUT2D eigenvalue weighted by atomic mass is 10.1. The van der Waals surface area contributed by atoms with E-state index in [0.717, 1.165) is 12.0 Å². The molecule has 0 aliphatic carbocycles. The number of hydrogen-bond donors (Lipinski definition) is 1. The fourth-order valence-electron chi connectivity index (χ4n) is 3.34. The monoisotopic (exact) mass is 427 g/mol. The average molecular weight is 428 g/mol. The van der Waals surface area contributed by atoms with E-state index in [0.29, 0.717) is 36.1 Å². The lowest BCUT2D eigenvalue weighted by molar-refractivity contribution is -0.128. The van der Waals surface area contributed by atoms with Crippen LogP contribution in [-0.2, 0) is 11.2 Å². The van der Waals surface area contributed by atoms with Crippen LogP contribution in [0, 0.1) is 0 Å². The Kier molecular flexibility index (Phi) is 6.92. The van der Waals surface area contributed by atoms with Crippen LogP contribution in [0.4, 0.5) is 0 Å². The van der Waals surface area contributed by atoms with Crippen LogP contribution in [0.2, 0.25) is 0 Å². The SMILES string of the molecule is CC[C@@H](Oc1ccccc1-c1nnc(-c2ccccc2)o1)C(=O)NCCc1ccccc1. The summed E-state index contributed by atoms with van der Waals surface area (Å²) in [5, 5.41) is 11.3. The van der Waals surface area contributed by atoms with Gasteiger partial charge in [-0.25, -0.2) is 0 Å². The fraction of sp³-hybridized carbons (Fsp3) is 0.192. The number of nitrogens with zero attached hydrogens (tertiary/aromatic N) is 2. The molecule has 1 aromatic heterocycles. The molecule has 0 fully saturated rings. The van der Waals surface area contributed by atoms with Crippen molar-refractivity contribution >= 4 is 5.91 Å². The molecule has 1 amide bonds. The summed E-state index contributed by atoms with van der Waals surface area (Å²) in [5.41, 5.74) is 2.67. The second kappa shape index (κ2) is 10.4. The molecule has 4 aromatic rings. The molecule has 1 N–H and O–H groups in total. The van der Waals surface area contributed by atoms with Crippen molar-refractivity contribution in [3.63, 3.8) is 0 Å². The second-order valence-electron chi connectivity index (χ2n) is 7.32. The molecule has 1 heterocycles. The van der Waals surface area contributed by atoms with Crippen molar-refractivity contribution in [2.45, 2.75) is 25.9 Å². The van der Waals surface area contributed by atoms with Crippen LogP contribution in [-0.4, -0.2) is 28.8 Å². The first-order valence-corrected chi connectivity index (χ1v) is 10.7. The van der Waals surface area contributed by atoms with Crippen molar-refractivity contribution in [3.05, 3.63) is 90.5 Å². The van der Waals surface area contributed by atoms with Gasteiger partial charge in [-0.1, -0.05) is 67.6 Å². The summed E-state index contributed by atoms with van der Waals surface area (Å²) in [6.45, 7) is 2.47. The Labute approximate surface area is 187 Å². The quantitative estimate of drug-likeness (QED) is 0.410. The lowest BCUT2D eigenvalue weighted by Gasteiger charge is -2.18. The van der Waals surface area contributed by atoms with E-state index < -0.39 is 6.10 Å². The van der Waals surface area contributed by atoms with Gasteiger partial charge in [0.25, 0.3) is 11.8 Å². The molecule has 0 unspecified atom stereocenters. The lowest BCUT2D eigenvalue weighted by Crippen LogP contribution is -2.39. The summed E-state index contributed by atoms with van der Waals surface area (Å²) in [7, 11) is 0. The van der Waals surface area contributed by atoms with E-state index in [2.05, 4.69) is 15.5 Å². The van der Waals surface area contributed by atoms with Gasteiger partial charge in [0.05, 0.1) is 5.56 Å². The zero-order valence-electron chi connectivity index (χ0n) is 17.9. The van der Waals surface area contributed by atoms with Gasteiger partial charge in [0, 0.05) is 12.1 Å². The summed E-state index contributed by atoms with van der Waals surface area (Å²) in [6, 6.07) is 27.0. The van der Waals surface area contributed by atoms with Gasteiger partial charge in [-0.3, -0.25) is 4.79 Å². The standard InChI is InChI=1S/C26H25N3O3/c1-2-22(24(30)27-18-17-19-11-5-3-6-12-19)31-23-16-10-9-15-21(23)26-29-28-25(32-26)20-13-7-4-8-14-20/h3-16,22H,2,17-18H2,1H3,(H,27,30)/t22-/m1/s1. The van der Waals surface area contributed by atoms with Gasteiger partial charge in [0.1, 0.15) is 5.75 Å². The van der Waals surface area contributed by atoms with Crippen LogP contribution < -0.4 is 10.1 Å². The van der Waals surface area contributed by atoms with Crippen molar-refractivity contribution in [2.24, 2.45) is 0 Å². The minimum atomic E-state index is -0.622. The first-order chi connectivity index (χ1) is 15.7. The number of para-hydroxylation sites is 1. The number of nitrogens with one attached hydrogen (secondary N) is 1. The van der Waals surface area contributed by atoms with Gasteiger partial charge in [-0.2, -0.15) is 0 Å². The number of carbonyl (C=O) groups is 1. The zero-order valence-corrected chi connectivity index (χ0v) is 17.9. The Morgan fingerprint density at radius 1 is 0.906 bits per heavy atom. The summed E-state index contributed by atoms with van der Waals surface area (Å²) < 4.78 is 12.0. The number of amides is 1. The number of carbonyl (C=O) groups excluding carboxylic acids is 1. The topological polar surface area (TPSA) is 77.2 Å². The molecule has 4 rings (SSSR count). The summed E-state index contributed by atoms with van der Waals surface area (Å²) in [4.78, 5) is 12.7. The Morgan fingerprint density at radius 2 is 1.56 bits per heavy atom. The van der Waals surface area contributed by atoms with E-state index in [4.69, 9.17) is 9.15 Å². The van der Waals surface area contributed by atoms with Gasteiger partial charge in [0.2, 0.25) is 5.89 Å². The van der Waals surface area contributed by atoms with Crippen LogP contribution in [0.3, 0.4) is 0 Å². The van der Waals surface area contributed by atoms with E-state index in [1.54, 1.807) is 0 Å². The highest BCUT2D eigenvalue weighted by Gasteiger charge is 2.21. The maximum atomic E-state index is 12.7. The van der Waals surface area contributed by atoms with Crippen molar-refractivity contribution in [3.8, 4) is 28.7 Å². The van der Waals surface area contributed by atoms with Gasteiger partial charge < -0.3 is 14.5 Å². The number of rotatable bonds is 9. The van der Waals surface area contributed by atoms with E-state index in [1.165, 1.54) is 5.56 Å². The molecule has 3 aromatic carbocycles. The van der Waals surface area contributed by atoms with Crippen molar-refractivity contribution in [1.82, 2.24) is 15.5 Å². The Bertz CT molecular complexity index is 1140. The van der Waals surface area contributed by atoms with Crippen LogP contribution >= 0.6 is 0 Å². The van der Waals surface area contributed by atoms with E-state index in [1.807, 2.05) is 91.9 Å². The predicted molar refractivity (Wildman–Crippen MR) is 123 cm³/mol. The van der Waals surface area contributed by atoms with Gasteiger partial charge in [-0.15, -0.1) is 10.2 Å². The van der Waals surface area contributed by atoms with Gasteiger partial charge in [0.15, 0.2) is 6.10 Å². The summed E-state index contributed by atoms with van der Waals surface area (Å²) in [5.74, 6) is 1.16. The third-order valence-corrected chi connectivity index (χ3v) is 5.05. The predicted octanol–water partition coefficient (Wildman–Crippen LogP) is 4.92. The minimum Gasteiger partial charge on any atom is -0.480 e. The molecule has 6 nitrogen and oxygen atoms in total. The normalized spacial score (nSPS) is 11.7. The molecule has 0 saturated carbocycles. The Balaban J connectivity index is 1.44. The minimum absolute atomic E-state index is 0.145. The second-order valence-corrected chi connectivity index (χ2v) is 7.32. The molecule has 1 atom stereocenters. The number of aromatic nitrogens is 2. The molecular formula is C26H25N3O3. The zero-order chi connectivity index (χ0) is 22.2. The van der Waals surface area contributed by atoms with Crippen LogP contribution in [0.1, 0.15) is 18.9 Å². The van der Waals surface area contributed by atoms with Crippen molar-refractivity contribution in [2.75, 3.05) is 6.54 Å². The third-order valence-electron chi connectivity index (χ3n) is 5.05. The van der Waals surface area contributed by atoms with Crippen LogP contribution in [0.5, 0.6) is 5.75 Å². The molecule has 0 radical (unpaired) electrons. The van der Waals surface area contributed by atoms with E-state index in [9.17, 15) is 4.79 Å². The molecule has 32 heavy (non-hydrogen) atoms. The summed E-state index contributed by atoms with van der Waals surface area (Å²) >= 11 is 0. The fourth-order valence-corrected chi connectivity index (χ4v) is 3.34. The largest absolute Gasteiger partial charge is 0.480 e. The number of hydrogen-bond acceptors (Lipinski definition) is 5.